The Morgan fingerprint density at radius 3 is 2.29 bits per heavy atom. The molecule has 1 fully saturated rings. The number of hydrogen-bond donors (Lipinski definition) is 1. The number of rotatable bonds is 1. The summed E-state index contributed by atoms with van der Waals surface area (Å²) in [4.78, 5) is 9.18. The maximum Gasteiger partial charge on any atom is 0.419 e. The van der Waals surface area contributed by atoms with E-state index in [9.17, 15) is 13.2 Å². The number of nitrogens with two attached hydrogens (primary N) is 1. The minimum absolute atomic E-state index is 0. The zero-order valence-corrected chi connectivity index (χ0v) is 9.63. The quantitative estimate of drug-likeness (QED) is 0.838. The summed E-state index contributed by atoms with van der Waals surface area (Å²) >= 11 is 0. The molecule has 2 rings (SSSR count). The molecule has 96 valence electrons. The van der Waals surface area contributed by atoms with E-state index in [0.717, 1.165) is 18.8 Å². The summed E-state index contributed by atoms with van der Waals surface area (Å²) in [6.45, 7) is 1.28. The normalized spacial score (nSPS) is 20.2. The first-order chi connectivity index (χ1) is 7.47. The van der Waals surface area contributed by atoms with Crippen molar-refractivity contribution in [1.29, 1.82) is 0 Å². The van der Waals surface area contributed by atoms with Crippen LogP contribution in [-0.2, 0) is 6.18 Å². The Morgan fingerprint density at radius 2 is 1.88 bits per heavy atom. The van der Waals surface area contributed by atoms with Gasteiger partial charge in [-0.05, 0) is 6.42 Å². The first-order valence-electron chi connectivity index (χ1n) is 4.86. The highest BCUT2D eigenvalue weighted by atomic mass is 35.5. The van der Waals surface area contributed by atoms with Gasteiger partial charge in [0.15, 0.2) is 0 Å². The van der Waals surface area contributed by atoms with Gasteiger partial charge in [-0.1, -0.05) is 0 Å². The fourth-order valence-electron chi connectivity index (χ4n) is 1.60. The van der Waals surface area contributed by atoms with E-state index in [1.54, 1.807) is 4.90 Å². The van der Waals surface area contributed by atoms with E-state index in [-0.39, 0.29) is 18.4 Å². The zero-order valence-electron chi connectivity index (χ0n) is 8.81. The van der Waals surface area contributed by atoms with E-state index in [4.69, 9.17) is 5.73 Å². The Morgan fingerprint density at radius 1 is 1.29 bits per heavy atom. The Bertz CT molecular complexity index is 367. The van der Waals surface area contributed by atoms with Crippen molar-refractivity contribution in [2.24, 2.45) is 5.73 Å². The Labute approximate surface area is 102 Å². The van der Waals surface area contributed by atoms with Crippen molar-refractivity contribution in [1.82, 2.24) is 9.97 Å². The van der Waals surface area contributed by atoms with Gasteiger partial charge in [0.1, 0.15) is 0 Å². The molecule has 0 aromatic carbocycles. The minimum atomic E-state index is -4.39. The van der Waals surface area contributed by atoms with Crippen molar-refractivity contribution in [3.05, 3.63) is 18.0 Å². The molecule has 0 bridgehead atoms. The van der Waals surface area contributed by atoms with Crippen LogP contribution in [0.1, 0.15) is 12.0 Å². The second kappa shape index (κ2) is 5.05. The lowest BCUT2D eigenvalue weighted by Gasteiger charge is -2.15. The van der Waals surface area contributed by atoms with Crippen LogP contribution in [0.3, 0.4) is 0 Å². The first kappa shape index (κ1) is 14.0. The van der Waals surface area contributed by atoms with Crippen LogP contribution < -0.4 is 10.6 Å². The molecule has 1 aliphatic heterocycles. The van der Waals surface area contributed by atoms with Crippen molar-refractivity contribution in [2.75, 3.05) is 18.0 Å². The van der Waals surface area contributed by atoms with Crippen molar-refractivity contribution in [3.63, 3.8) is 0 Å². The average molecular weight is 269 g/mol. The summed E-state index contributed by atoms with van der Waals surface area (Å²) in [5, 5.41) is 0. The van der Waals surface area contributed by atoms with Gasteiger partial charge in [-0.15, -0.1) is 12.4 Å². The van der Waals surface area contributed by atoms with Gasteiger partial charge in [-0.2, -0.15) is 13.2 Å². The summed E-state index contributed by atoms with van der Waals surface area (Å²) in [7, 11) is 0. The summed E-state index contributed by atoms with van der Waals surface area (Å²) in [5.41, 5.74) is 4.85. The third-order valence-corrected chi connectivity index (χ3v) is 2.47. The zero-order chi connectivity index (χ0) is 11.8. The van der Waals surface area contributed by atoms with Gasteiger partial charge < -0.3 is 10.6 Å². The van der Waals surface area contributed by atoms with Crippen molar-refractivity contribution < 1.29 is 13.2 Å². The number of nitrogens with zero attached hydrogens (tertiary/aromatic N) is 3. The van der Waals surface area contributed by atoms with Gasteiger partial charge >= 0.3 is 6.18 Å². The van der Waals surface area contributed by atoms with Gasteiger partial charge in [0, 0.05) is 31.5 Å². The molecule has 0 saturated carbocycles. The van der Waals surface area contributed by atoms with Crippen LogP contribution in [0.4, 0.5) is 19.1 Å². The summed E-state index contributed by atoms with van der Waals surface area (Å²) in [6.07, 6.45) is -1.98. The molecule has 17 heavy (non-hydrogen) atoms. The van der Waals surface area contributed by atoms with Crippen molar-refractivity contribution in [3.8, 4) is 0 Å². The minimum Gasteiger partial charge on any atom is -0.339 e. The van der Waals surface area contributed by atoms with Gasteiger partial charge in [-0.3, -0.25) is 0 Å². The molecule has 8 heteroatoms. The number of alkyl halides is 3. The van der Waals surface area contributed by atoms with Crippen LogP contribution >= 0.6 is 12.4 Å². The highest BCUT2D eigenvalue weighted by Gasteiger charge is 2.32. The monoisotopic (exact) mass is 268 g/mol. The molecule has 1 aliphatic rings. The first-order valence-corrected chi connectivity index (χ1v) is 4.86. The highest BCUT2D eigenvalue weighted by Crippen LogP contribution is 2.28. The maximum absolute atomic E-state index is 12.2. The Hall–Kier alpha value is -1.08. The van der Waals surface area contributed by atoms with Crippen LogP contribution in [0.25, 0.3) is 0 Å². The maximum atomic E-state index is 12.2. The molecule has 4 nitrogen and oxygen atoms in total. The van der Waals surface area contributed by atoms with E-state index >= 15 is 0 Å². The lowest BCUT2D eigenvalue weighted by atomic mass is 10.3. The largest absolute Gasteiger partial charge is 0.419 e. The lowest BCUT2D eigenvalue weighted by Crippen LogP contribution is -2.27. The molecule has 1 aromatic heterocycles. The van der Waals surface area contributed by atoms with Gasteiger partial charge in [0.25, 0.3) is 0 Å². The van der Waals surface area contributed by atoms with Crippen molar-refractivity contribution >= 4 is 18.4 Å². The molecule has 1 unspecified atom stereocenters. The van der Waals surface area contributed by atoms with E-state index < -0.39 is 11.7 Å². The molecule has 2 N–H and O–H groups in total. The average Bonchev–Trinajstić information content (AvgIpc) is 2.64. The SMILES string of the molecule is Cl.NC1CCN(c2ncc(C(F)(F)F)cn2)C1. The highest BCUT2D eigenvalue weighted by molar-refractivity contribution is 5.85. The van der Waals surface area contributed by atoms with Crippen LogP contribution in [-0.4, -0.2) is 29.1 Å². The fourth-order valence-corrected chi connectivity index (χ4v) is 1.60. The number of aromatic nitrogens is 2. The standard InChI is InChI=1S/C9H11F3N4.ClH/c10-9(11,12)6-3-14-8(15-4-6)16-2-1-7(13)5-16;/h3-4,7H,1-2,5,13H2;1H. The molecule has 1 saturated heterocycles. The van der Waals surface area contributed by atoms with Crippen LogP contribution in [0, 0.1) is 0 Å². The molecule has 0 amide bonds. The molecule has 0 aliphatic carbocycles. The predicted octanol–water partition coefficient (Wildman–Crippen LogP) is 1.45. The third kappa shape index (κ3) is 3.19. The van der Waals surface area contributed by atoms with Crippen LogP contribution in [0.5, 0.6) is 0 Å². The Kier molecular flexibility index (Phi) is 4.16. The smallest absolute Gasteiger partial charge is 0.339 e. The molecule has 2 heterocycles. The molecule has 0 spiro atoms. The molecule has 0 radical (unpaired) electrons. The number of halogens is 4. The van der Waals surface area contributed by atoms with E-state index in [0.29, 0.717) is 19.0 Å². The topological polar surface area (TPSA) is 55.0 Å². The molecule has 1 atom stereocenters. The van der Waals surface area contributed by atoms with E-state index in [1.165, 1.54) is 0 Å². The fraction of sp³-hybridized carbons (Fsp3) is 0.556. The van der Waals surface area contributed by atoms with E-state index in [1.807, 2.05) is 0 Å². The lowest BCUT2D eigenvalue weighted by molar-refractivity contribution is -0.138. The second-order valence-electron chi connectivity index (χ2n) is 3.76. The number of anilines is 1. The van der Waals surface area contributed by atoms with Gasteiger partial charge in [0.2, 0.25) is 5.95 Å². The van der Waals surface area contributed by atoms with Crippen LogP contribution in [0.15, 0.2) is 12.4 Å². The van der Waals surface area contributed by atoms with E-state index in [2.05, 4.69) is 9.97 Å². The summed E-state index contributed by atoms with van der Waals surface area (Å²) < 4.78 is 36.7. The van der Waals surface area contributed by atoms with Crippen molar-refractivity contribution in [2.45, 2.75) is 18.6 Å². The third-order valence-electron chi connectivity index (χ3n) is 2.47. The van der Waals surface area contributed by atoms with Crippen LogP contribution in [0.2, 0.25) is 0 Å². The van der Waals surface area contributed by atoms with Gasteiger partial charge in [0.05, 0.1) is 5.56 Å². The second-order valence-corrected chi connectivity index (χ2v) is 3.76. The Balaban J connectivity index is 0.00000144. The molecular weight excluding hydrogens is 257 g/mol. The summed E-state index contributed by atoms with van der Waals surface area (Å²) in [5.74, 6) is 0.306. The van der Waals surface area contributed by atoms with Gasteiger partial charge in [-0.25, -0.2) is 9.97 Å². The summed E-state index contributed by atoms with van der Waals surface area (Å²) in [6, 6.07) is 0.0471. The molecular formula is C9H12ClF3N4. The predicted molar refractivity (Wildman–Crippen MR) is 59.1 cm³/mol. The molecule has 1 aromatic rings. The number of hydrogen-bond acceptors (Lipinski definition) is 4.